The van der Waals surface area contributed by atoms with Gasteiger partial charge in [-0.3, -0.25) is 28.8 Å². The van der Waals surface area contributed by atoms with Gasteiger partial charge in [0.25, 0.3) is 0 Å². The van der Waals surface area contributed by atoms with E-state index in [4.69, 9.17) is 4.74 Å². The third-order valence-corrected chi connectivity index (χ3v) is 11.8. The minimum Gasteiger partial charge on any atom is -0.481 e. The van der Waals surface area contributed by atoms with Crippen molar-refractivity contribution in [3.05, 3.63) is 11.1 Å². The molecule has 0 saturated heterocycles. The first-order chi connectivity index (χ1) is 18.8. The molecule has 2 N–H and O–H groups in total. The maximum Gasteiger partial charge on any atom is 0.306 e. The normalized spacial score (nSPS) is 39.4. The second kappa shape index (κ2) is 9.96. The van der Waals surface area contributed by atoms with Gasteiger partial charge in [-0.05, 0) is 37.5 Å². The first-order valence-corrected chi connectivity index (χ1v) is 14.7. The number of aliphatic hydroxyl groups excluding tert-OH is 1. The lowest BCUT2D eigenvalue weighted by molar-refractivity contribution is -0.172. The van der Waals surface area contributed by atoms with Crippen molar-refractivity contribution in [2.24, 2.45) is 45.3 Å². The molecule has 0 bridgehead atoms. The van der Waals surface area contributed by atoms with Crippen LogP contribution in [0.1, 0.15) is 93.9 Å². The molecule has 0 heterocycles. The average Bonchev–Trinajstić information content (AvgIpc) is 3.07. The summed E-state index contributed by atoms with van der Waals surface area (Å²) in [5.41, 5.74) is -3.73. The molecular formula is C32H44O9. The number of esters is 1. The van der Waals surface area contributed by atoms with Gasteiger partial charge in [-0.1, -0.05) is 41.5 Å². The summed E-state index contributed by atoms with van der Waals surface area (Å²) in [5.74, 6) is -4.98. The lowest BCUT2D eigenvalue weighted by atomic mass is 9.42. The number of aliphatic carboxylic acids is 1. The minimum absolute atomic E-state index is 0.00446. The van der Waals surface area contributed by atoms with E-state index < -0.39 is 69.3 Å². The van der Waals surface area contributed by atoms with E-state index in [0.717, 1.165) is 0 Å². The summed E-state index contributed by atoms with van der Waals surface area (Å²) in [6.45, 7) is 13.8. The van der Waals surface area contributed by atoms with Crippen molar-refractivity contribution < 1.29 is 43.7 Å². The van der Waals surface area contributed by atoms with Crippen LogP contribution in [0, 0.1) is 45.3 Å². The van der Waals surface area contributed by atoms with Gasteiger partial charge in [-0.2, -0.15) is 0 Å². The van der Waals surface area contributed by atoms with E-state index in [9.17, 15) is 39.0 Å². The number of carboxylic acid groups (broad SMARTS) is 1. The summed E-state index contributed by atoms with van der Waals surface area (Å²) >= 11 is 0. The Hall–Kier alpha value is -2.68. The van der Waals surface area contributed by atoms with Crippen molar-refractivity contribution >= 4 is 35.1 Å². The molecule has 41 heavy (non-hydrogen) atoms. The van der Waals surface area contributed by atoms with Crippen LogP contribution in [-0.2, 0) is 33.5 Å². The van der Waals surface area contributed by atoms with E-state index in [1.165, 1.54) is 13.8 Å². The number of hydrogen-bond donors (Lipinski definition) is 2. The summed E-state index contributed by atoms with van der Waals surface area (Å²) in [7, 11) is 0. The number of carbonyl (C=O) groups excluding carboxylic acids is 5. The zero-order valence-corrected chi connectivity index (χ0v) is 25.5. The zero-order chi connectivity index (χ0) is 31.0. The SMILES string of the molecule is CC(=O)O[C@H]1CC[C@]2(C)C3=C(C(=O)C[C@H]2C1(C)C)[C@]1(C)C(=O)C[C@H]([C@H](C)CC(=O)C[C@@H](C)C(=O)O)[C@@]1(C)[C@H](O)C3=O. The van der Waals surface area contributed by atoms with E-state index in [-0.39, 0.29) is 60.1 Å². The van der Waals surface area contributed by atoms with Crippen LogP contribution in [-0.4, -0.2) is 57.5 Å². The van der Waals surface area contributed by atoms with Crippen LogP contribution >= 0.6 is 0 Å². The first-order valence-electron chi connectivity index (χ1n) is 14.7. The molecule has 9 nitrogen and oxygen atoms in total. The summed E-state index contributed by atoms with van der Waals surface area (Å²) in [6.07, 6.45) is -1.10. The fourth-order valence-electron chi connectivity index (χ4n) is 9.25. The predicted molar refractivity (Wildman–Crippen MR) is 147 cm³/mol. The van der Waals surface area contributed by atoms with Crippen molar-refractivity contribution in [3.63, 3.8) is 0 Å². The standard InChI is InChI=1S/C32H44O9/c1-15(11-18(34)12-16(2)28(39)40)19-13-22(36)32(8)24-20(35)14-21-29(4,5)23(41-17(3)33)9-10-30(21,6)25(24)26(37)27(38)31(19,32)7/h15-16,19,21,23,27,38H,9-14H2,1-8H3,(H,39,40)/t15-,16-,19-,21+,23+,27-,30+,31+,32+/m1/s1. The topological polar surface area (TPSA) is 152 Å². The summed E-state index contributed by atoms with van der Waals surface area (Å²) in [4.78, 5) is 78.2. The van der Waals surface area contributed by atoms with Crippen LogP contribution in [0.3, 0.4) is 0 Å². The van der Waals surface area contributed by atoms with Gasteiger partial charge < -0.3 is 14.9 Å². The number of rotatable bonds is 7. The van der Waals surface area contributed by atoms with E-state index in [1.807, 2.05) is 20.8 Å². The summed E-state index contributed by atoms with van der Waals surface area (Å²) in [6, 6.07) is 0. The molecule has 226 valence electrons. The van der Waals surface area contributed by atoms with E-state index in [0.29, 0.717) is 12.8 Å². The number of ether oxygens (including phenoxy) is 1. The smallest absolute Gasteiger partial charge is 0.306 e. The van der Waals surface area contributed by atoms with Gasteiger partial charge in [0.15, 0.2) is 11.6 Å². The predicted octanol–water partition coefficient (Wildman–Crippen LogP) is 3.88. The Balaban J connectivity index is 1.78. The fraction of sp³-hybridized carbons (Fsp3) is 0.750. The Morgan fingerprint density at radius 2 is 1.59 bits per heavy atom. The van der Waals surface area contributed by atoms with Crippen LogP contribution in [0.4, 0.5) is 0 Å². The Morgan fingerprint density at radius 1 is 0.976 bits per heavy atom. The molecule has 4 aliphatic carbocycles. The number of Topliss-reactive ketones (excluding diaryl/α,β-unsaturated/α-hetero) is 4. The number of carbonyl (C=O) groups is 6. The Bertz CT molecular complexity index is 1260. The van der Waals surface area contributed by atoms with Gasteiger partial charge in [0, 0.05) is 60.0 Å². The molecule has 4 aliphatic rings. The molecule has 9 heteroatoms. The maximum absolute atomic E-state index is 14.3. The third-order valence-electron chi connectivity index (χ3n) is 11.8. The minimum atomic E-state index is -1.56. The number of ketones is 4. The van der Waals surface area contributed by atoms with Crippen molar-refractivity contribution in [3.8, 4) is 0 Å². The van der Waals surface area contributed by atoms with Crippen molar-refractivity contribution in [2.45, 2.75) is 106 Å². The maximum atomic E-state index is 14.3. The largest absolute Gasteiger partial charge is 0.481 e. The second-order valence-electron chi connectivity index (χ2n) is 14.4. The number of carboxylic acids is 1. The van der Waals surface area contributed by atoms with Gasteiger partial charge in [-0.15, -0.1) is 0 Å². The van der Waals surface area contributed by atoms with Crippen molar-refractivity contribution in [1.82, 2.24) is 0 Å². The average molecular weight is 573 g/mol. The van der Waals surface area contributed by atoms with Crippen LogP contribution in [0.25, 0.3) is 0 Å². The number of fused-ring (bicyclic) bond motifs is 4. The molecule has 0 spiro atoms. The molecule has 2 saturated carbocycles. The van der Waals surface area contributed by atoms with Crippen molar-refractivity contribution in [2.75, 3.05) is 0 Å². The van der Waals surface area contributed by atoms with E-state index in [1.54, 1.807) is 20.8 Å². The lowest BCUT2D eigenvalue weighted by Gasteiger charge is -2.61. The Kier molecular flexibility index (Phi) is 7.59. The zero-order valence-electron chi connectivity index (χ0n) is 25.5. The van der Waals surface area contributed by atoms with Gasteiger partial charge in [0.2, 0.25) is 0 Å². The van der Waals surface area contributed by atoms with E-state index >= 15 is 0 Å². The van der Waals surface area contributed by atoms with Gasteiger partial charge in [0.05, 0.1) is 11.3 Å². The molecular weight excluding hydrogens is 528 g/mol. The highest BCUT2D eigenvalue weighted by atomic mass is 16.5. The number of allylic oxidation sites excluding steroid dienone is 1. The van der Waals surface area contributed by atoms with Crippen molar-refractivity contribution in [1.29, 1.82) is 0 Å². The molecule has 0 aromatic heterocycles. The third kappa shape index (κ3) is 4.28. The molecule has 0 aromatic rings. The Morgan fingerprint density at radius 3 is 2.15 bits per heavy atom. The number of aliphatic hydroxyl groups is 1. The molecule has 2 fully saturated rings. The van der Waals surface area contributed by atoms with Gasteiger partial charge in [-0.25, -0.2) is 0 Å². The lowest BCUT2D eigenvalue weighted by Crippen LogP contribution is -2.64. The highest BCUT2D eigenvalue weighted by Gasteiger charge is 2.73. The fourth-order valence-corrected chi connectivity index (χ4v) is 9.25. The molecule has 0 aliphatic heterocycles. The Labute approximate surface area is 241 Å². The van der Waals surface area contributed by atoms with E-state index in [2.05, 4.69) is 0 Å². The molecule has 0 aromatic carbocycles. The molecule has 0 unspecified atom stereocenters. The molecule has 0 radical (unpaired) electrons. The molecule has 4 rings (SSSR count). The van der Waals surface area contributed by atoms with Crippen LogP contribution in [0.2, 0.25) is 0 Å². The number of hydrogen-bond acceptors (Lipinski definition) is 8. The first kappa shape index (κ1) is 31.3. The highest BCUT2D eigenvalue weighted by Crippen LogP contribution is 2.70. The monoisotopic (exact) mass is 572 g/mol. The highest BCUT2D eigenvalue weighted by molar-refractivity contribution is 6.17. The van der Waals surface area contributed by atoms with Crippen LogP contribution < -0.4 is 0 Å². The van der Waals surface area contributed by atoms with Crippen LogP contribution in [0.5, 0.6) is 0 Å². The van der Waals surface area contributed by atoms with Gasteiger partial charge in [0.1, 0.15) is 23.8 Å². The summed E-state index contributed by atoms with van der Waals surface area (Å²) in [5, 5.41) is 21.0. The summed E-state index contributed by atoms with van der Waals surface area (Å²) < 4.78 is 5.64. The molecule has 9 atom stereocenters. The van der Waals surface area contributed by atoms with Crippen LogP contribution in [0.15, 0.2) is 11.1 Å². The quantitative estimate of drug-likeness (QED) is 0.433. The second-order valence-corrected chi connectivity index (χ2v) is 14.4. The van der Waals surface area contributed by atoms with Gasteiger partial charge >= 0.3 is 11.9 Å². The molecule has 0 amide bonds.